The van der Waals surface area contributed by atoms with E-state index in [2.05, 4.69) is 5.73 Å². The summed E-state index contributed by atoms with van der Waals surface area (Å²) in [4.78, 5) is 24.1. The van der Waals surface area contributed by atoms with Crippen LogP contribution in [0.3, 0.4) is 0 Å². The van der Waals surface area contributed by atoms with Gasteiger partial charge in [0.25, 0.3) is 0 Å². The third-order valence-corrected chi connectivity index (χ3v) is 7.81. The molecule has 4 aliphatic carbocycles. The molecule has 5 unspecified atom stereocenters. The molecule has 0 aromatic carbocycles. The molecule has 5 nitrogen and oxygen atoms in total. The normalized spacial score (nSPS) is 48.3. The highest BCUT2D eigenvalue weighted by atomic mass is 19.1. The molecule has 0 heterocycles. The number of carbonyl (C=O) groups is 2. The second kappa shape index (κ2) is 5.71. The third kappa shape index (κ3) is 2.10. The van der Waals surface area contributed by atoms with Crippen molar-refractivity contribution in [2.24, 2.45) is 23.2 Å². The SMILES string of the molecule is C[C@@H]1CC2C3CCC4=CC(=O)C=C=C4C3(F)[C@@H](O)CC2(C)C1(O)C(=O)CO. The van der Waals surface area contributed by atoms with Crippen LogP contribution in [0.15, 0.2) is 29.0 Å². The van der Waals surface area contributed by atoms with Crippen LogP contribution < -0.4 is 0 Å². The average molecular weight is 376 g/mol. The minimum atomic E-state index is -2.06. The number of rotatable bonds is 2. The fourth-order valence-corrected chi connectivity index (χ4v) is 6.53. The van der Waals surface area contributed by atoms with Gasteiger partial charge in [0.05, 0.1) is 6.10 Å². The van der Waals surface area contributed by atoms with E-state index in [0.717, 1.165) is 0 Å². The predicted octanol–water partition coefficient (Wildman–Crippen LogP) is 1.41. The zero-order chi connectivity index (χ0) is 19.8. The van der Waals surface area contributed by atoms with Gasteiger partial charge in [-0.2, -0.15) is 0 Å². The number of hydrogen-bond acceptors (Lipinski definition) is 5. The van der Waals surface area contributed by atoms with Crippen molar-refractivity contribution in [2.45, 2.75) is 56.9 Å². The summed E-state index contributed by atoms with van der Waals surface area (Å²) in [7, 11) is 0. The highest BCUT2D eigenvalue weighted by molar-refractivity contribution is 6.01. The Bertz CT molecular complexity index is 824. The van der Waals surface area contributed by atoms with Crippen LogP contribution in [0.25, 0.3) is 0 Å². The summed E-state index contributed by atoms with van der Waals surface area (Å²) in [6.45, 7) is 2.70. The molecule has 27 heavy (non-hydrogen) atoms. The zero-order valence-electron chi connectivity index (χ0n) is 15.5. The molecule has 0 bridgehead atoms. The fraction of sp³-hybridized carbons (Fsp3) is 0.667. The van der Waals surface area contributed by atoms with Crippen molar-refractivity contribution in [2.75, 3.05) is 6.61 Å². The molecule has 0 spiro atoms. The zero-order valence-corrected chi connectivity index (χ0v) is 15.5. The highest BCUT2D eigenvalue weighted by Crippen LogP contribution is 2.67. The second-order valence-corrected chi connectivity index (χ2v) is 8.88. The minimum Gasteiger partial charge on any atom is -0.389 e. The van der Waals surface area contributed by atoms with Gasteiger partial charge < -0.3 is 15.3 Å². The summed E-state index contributed by atoms with van der Waals surface area (Å²) in [5.41, 5.74) is -1.29. The molecule has 0 aromatic heterocycles. The summed E-state index contributed by atoms with van der Waals surface area (Å²) < 4.78 is 16.4. The molecule has 3 N–H and O–H groups in total. The molecule has 146 valence electrons. The van der Waals surface area contributed by atoms with Crippen LogP contribution in [-0.4, -0.2) is 50.9 Å². The lowest BCUT2D eigenvalue weighted by Gasteiger charge is -2.57. The first kappa shape index (κ1) is 18.8. The topological polar surface area (TPSA) is 94.8 Å². The second-order valence-electron chi connectivity index (χ2n) is 8.88. The van der Waals surface area contributed by atoms with Crippen molar-refractivity contribution >= 4 is 11.6 Å². The van der Waals surface area contributed by atoms with Gasteiger partial charge in [0.1, 0.15) is 12.2 Å². The number of ketones is 2. The first-order valence-electron chi connectivity index (χ1n) is 9.56. The van der Waals surface area contributed by atoms with Crippen LogP contribution >= 0.6 is 0 Å². The van der Waals surface area contributed by atoms with Gasteiger partial charge in [-0.1, -0.05) is 13.8 Å². The van der Waals surface area contributed by atoms with Gasteiger partial charge in [0.2, 0.25) is 0 Å². The lowest BCUT2D eigenvalue weighted by molar-refractivity contribution is -0.190. The van der Waals surface area contributed by atoms with Crippen LogP contribution in [0, 0.1) is 23.2 Å². The van der Waals surface area contributed by atoms with Crippen LogP contribution in [0.1, 0.15) is 39.5 Å². The van der Waals surface area contributed by atoms with Gasteiger partial charge in [-0.25, -0.2) is 4.39 Å². The summed E-state index contributed by atoms with van der Waals surface area (Å²) in [5, 5.41) is 31.6. The van der Waals surface area contributed by atoms with E-state index in [1.54, 1.807) is 13.8 Å². The van der Waals surface area contributed by atoms with Crippen molar-refractivity contribution in [3.05, 3.63) is 29.0 Å². The molecule has 0 aromatic rings. The Hall–Kier alpha value is -1.59. The van der Waals surface area contributed by atoms with Crippen LogP contribution in [-0.2, 0) is 9.59 Å². The number of halogens is 1. The van der Waals surface area contributed by atoms with Crippen molar-refractivity contribution in [3.8, 4) is 0 Å². The minimum absolute atomic E-state index is 0.0936. The van der Waals surface area contributed by atoms with E-state index < -0.39 is 47.0 Å². The van der Waals surface area contributed by atoms with Gasteiger partial charge in [0, 0.05) is 23.0 Å². The largest absolute Gasteiger partial charge is 0.389 e. The summed E-state index contributed by atoms with van der Waals surface area (Å²) in [5.74, 6) is -2.26. The molecule has 7 atom stereocenters. The maximum atomic E-state index is 16.4. The lowest BCUT2D eigenvalue weighted by atomic mass is 9.50. The summed E-state index contributed by atoms with van der Waals surface area (Å²) in [6.07, 6.45) is 2.45. The fourth-order valence-electron chi connectivity index (χ4n) is 6.53. The quantitative estimate of drug-likeness (QED) is 0.634. The molecule has 3 fully saturated rings. The Morgan fingerprint density at radius 1 is 1.41 bits per heavy atom. The van der Waals surface area contributed by atoms with Crippen molar-refractivity contribution in [1.82, 2.24) is 0 Å². The number of aliphatic hydroxyl groups excluding tert-OH is 2. The molecule has 6 heteroatoms. The van der Waals surface area contributed by atoms with E-state index in [0.29, 0.717) is 24.8 Å². The number of allylic oxidation sites excluding steroid dienone is 2. The monoisotopic (exact) mass is 376 g/mol. The third-order valence-electron chi connectivity index (χ3n) is 7.81. The van der Waals surface area contributed by atoms with E-state index >= 15 is 4.39 Å². The molecule has 3 saturated carbocycles. The Balaban J connectivity index is 1.84. The van der Waals surface area contributed by atoms with Gasteiger partial charge in [-0.15, -0.1) is 5.73 Å². The van der Waals surface area contributed by atoms with E-state index in [4.69, 9.17) is 0 Å². The summed E-state index contributed by atoms with van der Waals surface area (Å²) >= 11 is 0. The Kier molecular flexibility index (Phi) is 3.97. The van der Waals surface area contributed by atoms with Crippen LogP contribution in [0.5, 0.6) is 0 Å². The van der Waals surface area contributed by atoms with Gasteiger partial charge in [-0.3, -0.25) is 9.59 Å². The Morgan fingerprint density at radius 3 is 2.78 bits per heavy atom. The number of carbonyl (C=O) groups excluding carboxylic acids is 2. The molecule has 4 aliphatic rings. The van der Waals surface area contributed by atoms with Crippen molar-refractivity contribution < 1.29 is 29.3 Å². The standard InChI is InChI=1S/C21H25FO5/c1-11-7-16-15-5-3-12-8-13(24)4-6-14(12)20(15,22)17(25)9-19(16,2)21(11,27)18(26)10-23/h4,8,11,15-17,23,25,27H,3,5,7,9-10H2,1-2H3/t11-,15?,16?,17+,19?,20?,21?/m1/s1. The number of Topliss-reactive ketones (excluding diaryl/α,β-unsaturated/α-hetero) is 1. The Labute approximate surface area is 157 Å². The van der Waals surface area contributed by atoms with Gasteiger partial charge in [0.15, 0.2) is 17.2 Å². The van der Waals surface area contributed by atoms with E-state index in [1.165, 1.54) is 12.2 Å². The van der Waals surface area contributed by atoms with E-state index in [9.17, 15) is 24.9 Å². The van der Waals surface area contributed by atoms with Crippen LogP contribution in [0.4, 0.5) is 4.39 Å². The maximum absolute atomic E-state index is 16.4. The average Bonchev–Trinajstić information content (AvgIpc) is 2.82. The molecule has 0 aliphatic heterocycles. The highest BCUT2D eigenvalue weighted by Gasteiger charge is 2.73. The molecular formula is C21H25FO5. The van der Waals surface area contributed by atoms with Crippen LogP contribution in [0.2, 0.25) is 0 Å². The number of aliphatic hydroxyl groups is 3. The molecule has 4 rings (SSSR count). The first-order chi connectivity index (χ1) is 12.6. The van der Waals surface area contributed by atoms with Crippen molar-refractivity contribution in [3.63, 3.8) is 0 Å². The van der Waals surface area contributed by atoms with E-state index in [-0.39, 0.29) is 23.7 Å². The molecule has 0 saturated heterocycles. The Morgan fingerprint density at radius 2 is 2.11 bits per heavy atom. The van der Waals surface area contributed by atoms with Gasteiger partial charge >= 0.3 is 0 Å². The molecular weight excluding hydrogens is 351 g/mol. The molecule has 0 amide bonds. The van der Waals surface area contributed by atoms with E-state index in [1.807, 2.05) is 0 Å². The summed E-state index contributed by atoms with van der Waals surface area (Å²) in [6, 6.07) is 0. The number of alkyl halides is 1. The lowest BCUT2D eigenvalue weighted by Crippen LogP contribution is -2.65. The van der Waals surface area contributed by atoms with Gasteiger partial charge in [-0.05, 0) is 49.2 Å². The predicted molar refractivity (Wildman–Crippen MR) is 94.3 cm³/mol. The first-order valence-corrected chi connectivity index (χ1v) is 9.56. The maximum Gasteiger partial charge on any atom is 0.190 e. The van der Waals surface area contributed by atoms with Crippen molar-refractivity contribution in [1.29, 1.82) is 0 Å². The number of hydrogen-bond donors (Lipinski definition) is 3. The number of fused-ring (bicyclic) bond motifs is 5. The molecule has 0 radical (unpaired) electrons. The smallest absolute Gasteiger partial charge is 0.190 e.